The third-order valence-corrected chi connectivity index (χ3v) is 4.36. The molecular formula is C17H21O6P. The van der Waals surface area contributed by atoms with E-state index in [0.29, 0.717) is 11.5 Å². The van der Waals surface area contributed by atoms with Crippen molar-refractivity contribution in [2.24, 2.45) is 0 Å². The fourth-order valence-electron chi connectivity index (χ4n) is 1.79. The number of ether oxygens (including phenoxy) is 2. The first-order chi connectivity index (χ1) is 11.7. The topological polar surface area (TPSA) is 63.2 Å². The molecule has 24 heavy (non-hydrogen) atoms. The molecule has 0 N–H and O–H groups in total. The van der Waals surface area contributed by atoms with Gasteiger partial charge in [-0.1, -0.05) is 36.4 Å². The first kappa shape index (κ1) is 18.5. The number of benzene rings is 2. The highest BCUT2D eigenvalue weighted by Gasteiger charge is 2.24. The van der Waals surface area contributed by atoms with Gasteiger partial charge in [-0.2, -0.15) is 0 Å². The quantitative estimate of drug-likeness (QED) is 0.451. The zero-order valence-corrected chi connectivity index (χ0v) is 14.4. The summed E-state index contributed by atoms with van der Waals surface area (Å²) < 4.78 is 38.3. The number of phosphoric ester groups is 1. The van der Waals surface area contributed by atoms with Crippen LogP contribution in [0, 0.1) is 0 Å². The van der Waals surface area contributed by atoms with Gasteiger partial charge in [-0.3, -0.25) is 13.6 Å². The van der Waals surface area contributed by atoms with Gasteiger partial charge in [0, 0.05) is 7.11 Å². The number of para-hydroxylation sites is 2. The summed E-state index contributed by atoms with van der Waals surface area (Å²) in [6, 6.07) is 18.6. The van der Waals surface area contributed by atoms with Crippen molar-refractivity contribution < 1.29 is 27.6 Å². The van der Waals surface area contributed by atoms with Crippen molar-refractivity contribution in [1.29, 1.82) is 0 Å². The van der Waals surface area contributed by atoms with Crippen LogP contribution in [0.2, 0.25) is 0 Å². The second-order valence-electron chi connectivity index (χ2n) is 4.62. The monoisotopic (exact) mass is 352 g/mol. The third-order valence-electron chi connectivity index (χ3n) is 2.91. The van der Waals surface area contributed by atoms with Gasteiger partial charge in [0.2, 0.25) is 0 Å². The van der Waals surface area contributed by atoms with Gasteiger partial charge >= 0.3 is 7.82 Å². The second-order valence-corrected chi connectivity index (χ2v) is 6.40. The van der Waals surface area contributed by atoms with E-state index in [2.05, 4.69) is 0 Å². The average molecular weight is 352 g/mol. The Hall–Kier alpha value is -1.85. The normalized spacial score (nSPS) is 11.2. The zero-order chi connectivity index (χ0) is 17.1. The van der Waals surface area contributed by atoms with E-state index >= 15 is 0 Å². The van der Waals surface area contributed by atoms with Gasteiger partial charge in [0.15, 0.2) is 0 Å². The van der Waals surface area contributed by atoms with Crippen LogP contribution >= 0.6 is 7.82 Å². The maximum Gasteiger partial charge on any atom is 0.474 e. The molecule has 0 unspecified atom stereocenters. The minimum atomic E-state index is -3.60. The standard InChI is InChI=1S/C17H21O6P/c1-19-24(18,22-14-12-20-16-8-4-2-5-9-16)23-15-13-21-17-10-6-3-7-11-17/h2-11H,12-15H2,1H3. The molecule has 0 bridgehead atoms. The summed E-state index contributed by atoms with van der Waals surface area (Å²) >= 11 is 0. The smallest absolute Gasteiger partial charge is 0.474 e. The van der Waals surface area contributed by atoms with Gasteiger partial charge in [0.05, 0.1) is 13.2 Å². The fraction of sp³-hybridized carbons (Fsp3) is 0.294. The van der Waals surface area contributed by atoms with E-state index in [-0.39, 0.29) is 26.4 Å². The lowest BCUT2D eigenvalue weighted by molar-refractivity contribution is 0.102. The molecule has 0 saturated heterocycles. The van der Waals surface area contributed by atoms with Crippen LogP contribution in [-0.2, 0) is 18.1 Å². The first-order valence-electron chi connectivity index (χ1n) is 7.52. The molecule has 0 aromatic heterocycles. The molecule has 0 spiro atoms. The van der Waals surface area contributed by atoms with Crippen LogP contribution in [0.4, 0.5) is 0 Å². The summed E-state index contributed by atoms with van der Waals surface area (Å²) in [7, 11) is -2.33. The van der Waals surface area contributed by atoms with Crippen molar-refractivity contribution in [3.05, 3.63) is 60.7 Å². The molecule has 0 radical (unpaired) electrons. The second kappa shape index (κ2) is 10.1. The molecule has 2 aromatic carbocycles. The van der Waals surface area contributed by atoms with Crippen molar-refractivity contribution in [3.8, 4) is 11.5 Å². The Morgan fingerprint density at radius 1 is 0.708 bits per heavy atom. The summed E-state index contributed by atoms with van der Waals surface area (Å²) in [5.74, 6) is 1.43. The van der Waals surface area contributed by atoms with Gasteiger partial charge in [-0.25, -0.2) is 4.57 Å². The lowest BCUT2D eigenvalue weighted by Gasteiger charge is -2.16. The molecule has 0 heterocycles. The van der Waals surface area contributed by atoms with Gasteiger partial charge < -0.3 is 9.47 Å². The van der Waals surface area contributed by atoms with Crippen LogP contribution in [0.1, 0.15) is 0 Å². The summed E-state index contributed by atoms with van der Waals surface area (Å²) in [6.45, 7) is 0.640. The molecule has 7 heteroatoms. The van der Waals surface area contributed by atoms with Crippen molar-refractivity contribution in [2.75, 3.05) is 33.5 Å². The van der Waals surface area contributed by atoms with Gasteiger partial charge in [-0.15, -0.1) is 0 Å². The average Bonchev–Trinajstić information content (AvgIpc) is 2.64. The van der Waals surface area contributed by atoms with E-state index in [0.717, 1.165) is 0 Å². The SMILES string of the molecule is COP(=O)(OCCOc1ccccc1)OCCOc1ccccc1. The number of hydrogen-bond donors (Lipinski definition) is 0. The van der Waals surface area contributed by atoms with Crippen LogP contribution < -0.4 is 9.47 Å². The molecule has 130 valence electrons. The lowest BCUT2D eigenvalue weighted by Crippen LogP contribution is -2.10. The highest BCUT2D eigenvalue weighted by Crippen LogP contribution is 2.48. The highest BCUT2D eigenvalue weighted by molar-refractivity contribution is 7.48. The highest BCUT2D eigenvalue weighted by atomic mass is 31.2. The van der Waals surface area contributed by atoms with E-state index in [1.165, 1.54) is 7.11 Å². The maximum atomic E-state index is 12.2. The molecule has 0 amide bonds. The summed E-state index contributed by atoms with van der Waals surface area (Å²) in [5.41, 5.74) is 0. The Balaban J connectivity index is 1.64. The molecule has 2 aromatic rings. The minimum absolute atomic E-state index is 0.0829. The van der Waals surface area contributed by atoms with E-state index < -0.39 is 7.82 Å². The van der Waals surface area contributed by atoms with E-state index in [1.54, 1.807) is 0 Å². The molecule has 0 saturated carbocycles. The maximum absolute atomic E-state index is 12.2. The van der Waals surface area contributed by atoms with Crippen LogP contribution in [-0.4, -0.2) is 33.5 Å². The van der Waals surface area contributed by atoms with Crippen LogP contribution in [0.3, 0.4) is 0 Å². The van der Waals surface area contributed by atoms with Gasteiger partial charge in [0.1, 0.15) is 24.7 Å². The number of hydrogen-bond acceptors (Lipinski definition) is 6. The molecule has 0 aliphatic rings. The Labute approximate surface area is 141 Å². The minimum Gasteiger partial charge on any atom is -0.491 e. The first-order valence-corrected chi connectivity index (χ1v) is 8.98. The Kier molecular flexibility index (Phi) is 7.79. The summed E-state index contributed by atoms with van der Waals surface area (Å²) in [6.07, 6.45) is 0. The summed E-state index contributed by atoms with van der Waals surface area (Å²) in [4.78, 5) is 0. The lowest BCUT2D eigenvalue weighted by atomic mass is 10.3. The van der Waals surface area contributed by atoms with Crippen molar-refractivity contribution in [1.82, 2.24) is 0 Å². The number of phosphoric acid groups is 1. The predicted octanol–water partition coefficient (Wildman–Crippen LogP) is 3.93. The molecule has 0 atom stereocenters. The largest absolute Gasteiger partial charge is 0.491 e. The van der Waals surface area contributed by atoms with Crippen molar-refractivity contribution in [2.45, 2.75) is 0 Å². The Morgan fingerprint density at radius 2 is 1.12 bits per heavy atom. The Bertz CT molecular complexity index is 568. The van der Waals surface area contributed by atoms with Crippen LogP contribution in [0.15, 0.2) is 60.7 Å². The van der Waals surface area contributed by atoms with E-state index in [4.69, 9.17) is 23.0 Å². The molecule has 6 nitrogen and oxygen atoms in total. The predicted molar refractivity (Wildman–Crippen MR) is 90.4 cm³/mol. The fourth-order valence-corrected chi connectivity index (χ4v) is 2.67. The van der Waals surface area contributed by atoms with E-state index in [9.17, 15) is 4.57 Å². The van der Waals surface area contributed by atoms with Crippen molar-refractivity contribution in [3.63, 3.8) is 0 Å². The molecule has 2 rings (SSSR count). The molecule has 0 aliphatic carbocycles. The number of rotatable bonds is 11. The van der Waals surface area contributed by atoms with E-state index in [1.807, 2.05) is 60.7 Å². The zero-order valence-electron chi connectivity index (χ0n) is 13.5. The molecule has 0 aliphatic heterocycles. The van der Waals surface area contributed by atoms with Crippen molar-refractivity contribution >= 4 is 7.82 Å². The molecule has 0 fully saturated rings. The van der Waals surface area contributed by atoms with Crippen LogP contribution in [0.5, 0.6) is 11.5 Å². The third kappa shape index (κ3) is 6.72. The summed E-state index contributed by atoms with van der Waals surface area (Å²) in [5, 5.41) is 0. The molecular weight excluding hydrogens is 331 g/mol. The Morgan fingerprint density at radius 3 is 1.50 bits per heavy atom. The van der Waals surface area contributed by atoms with Crippen LogP contribution in [0.25, 0.3) is 0 Å². The van der Waals surface area contributed by atoms with Gasteiger partial charge in [0.25, 0.3) is 0 Å². The van der Waals surface area contributed by atoms with Gasteiger partial charge in [-0.05, 0) is 24.3 Å².